The second-order valence-electron chi connectivity index (χ2n) is 3.88. The van der Waals surface area contributed by atoms with Crippen LogP contribution < -0.4 is 21.6 Å². The van der Waals surface area contributed by atoms with E-state index in [4.69, 9.17) is 0 Å². The highest BCUT2D eigenvalue weighted by Gasteiger charge is 2.33. The first-order chi connectivity index (χ1) is 6.93. The number of hydrazine groups is 1. The molecular weight excluding hydrogens is 178 g/mol. The topological polar surface area (TPSA) is 64.6 Å². The Morgan fingerprint density at radius 2 is 2.43 bits per heavy atom. The van der Waals surface area contributed by atoms with Crippen molar-refractivity contribution in [2.75, 3.05) is 6.54 Å². The molecule has 1 aromatic heterocycles. The monoisotopic (exact) mass is 187 g/mol. The Hall–Kier alpha value is -1.46. The number of hydrogen-bond acceptors (Lipinski definition) is 4. The highest BCUT2D eigenvalue weighted by atomic mass is 15.4. The van der Waals surface area contributed by atoms with Crippen molar-refractivity contribution in [3.8, 4) is 0 Å². The van der Waals surface area contributed by atoms with Gasteiger partial charge in [-0.25, -0.2) is 0 Å². The summed E-state index contributed by atoms with van der Waals surface area (Å²) in [5.41, 5.74) is 8.87. The van der Waals surface area contributed by atoms with Gasteiger partial charge in [-0.1, -0.05) is 0 Å². The number of nitrogens with zero attached hydrogens (tertiary/aromatic N) is 2. The predicted octanol–water partition coefficient (Wildman–Crippen LogP) is -1.66. The molecule has 0 aliphatic carbocycles. The molecule has 1 saturated heterocycles. The maximum absolute atomic E-state index is 4.12. The Bertz CT molecular complexity index is 552. The summed E-state index contributed by atoms with van der Waals surface area (Å²) in [6.45, 7) is 0.960. The minimum atomic E-state index is 0.399. The first-order valence-corrected chi connectivity index (χ1v) is 4.76. The van der Waals surface area contributed by atoms with E-state index >= 15 is 0 Å². The Morgan fingerprint density at radius 1 is 1.43 bits per heavy atom. The van der Waals surface area contributed by atoms with Crippen LogP contribution in [0, 0.1) is 0 Å². The Labute approximate surface area is 79.6 Å². The van der Waals surface area contributed by atoms with Crippen molar-refractivity contribution in [1.82, 2.24) is 15.8 Å². The van der Waals surface area contributed by atoms with Crippen LogP contribution in [0.15, 0.2) is 10.2 Å². The maximum atomic E-state index is 4.12. The van der Waals surface area contributed by atoms with Crippen LogP contribution in [0.3, 0.4) is 0 Å². The number of hydrogen-bond donors (Lipinski definition) is 3. The molecule has 70 valence electrons. The second-order valence-corrected chi connectivity index (χ2v) is 3.88. The van der Waals surface area contributed by atoms with Gasteiger partial charge in [-0.2, -0.15) is 5.10 Å². The number of H-pyrrole nitrogens is 1. The van der Waals surface area contributed by atoms with Gasteiger partial charge in [-0.05, 0) is 6.08 Å². The smallest absolute Gasteiger partial charge is 0.119 e. The van der Waals surface area contributed by atoms with Gasteiger partial charge in [0.2, 0.25) is 0 Å². The molecule has 4 heterocycles. The lowest BCUT2D eigenvalue weighted by molar-refractivity contribution is 0.626. The zero-order valence-electron chi connectivity index (χ0n) is 7.41. The average molecular weight is 187 g/mol. The zero-order chi connectivity index (χ0) is 9.12. The molecule has 3 aliphatic heterocycles. The molecule has 2 atom stereocenters. The molecule has 3 N–H and O–H groups in total. The molecule has 1 aromatic rings. The van der Waals surface area contributed by atoms with Gasteiger partial charge < -0.3 is 4.98 Å². The van der Waals surface area contributed by atoms with Crippen molar-refractivity contribution >= 4 is 12.3 Å². The lowest BCUT2D eigenvalue weighted by Gasteiger charge is -2.16. The van der Waals surface area contributed by atoms with Gasteiger partial charge in [-0.3, -0.25) is 10.9 Å². The van der Waals surface area contributed by atoms with Crippen LogP contribution in [0.2, 0.25) is 0 Å². The van der Waals surface area contributed by atoms with Gasteiger partial charge in [0, 0.05) is 23.7 Å². The lowest BCUT2D eigenvalue weighted by Crippen LogP contribution is -2.35. The van der Waals surface area contributed by atoms with Crippen LogP contribution in [0.1, 0.15) is 17.2 Å². The molecule has 1 fully saturated rings. The summed E-state index contributed by atoms with van der Waals surface area (Å²) in [5, 5.41) is 10.2. The molecule has 3 aliphatic rings. The van der Waals surface area contributed by atoms with E-state index in [0.29, 0.717) is 12.0 Å². The van der Waals surface area contributed by atoms with Gasteiger partial charge in [0.25, 0.3) is 0 Å². The van der Waals surface area contributed by atoms with Gasteiger partial charge in [-0.15, -0.1) is 5.10 Å². The molecule has 0 amide bonds. The third-order valence-electron chi connectivity index (χ3n) is 3.16. The van der Waals surface area contributed by atoms with Crippen molar-refractivity contribution in [3.63, 3.8) is 0 Å². The van der Waals surface area contributed by atoms with E-state index in [1.54, 1.807) is 0 Å². The highest BCUT2D eigenvalue weighted by molar-refractivity contribution is 5.83. The molecule has 14 heavy (non-hydrogen) atoms. The quantitative estimate of drug-likeness (QED) is 0.455. The largest absolute Gasteiger partial charge is 0.356 e. The van der Waals surface area contributed by atoms with E-state index in [1.807, 2.05) is 6.21 Å². The number of rotatable bonds is 0. The van der Waals surface area contributed by atoms with E-state index in [-0.39, 0.29) is 0 Å². The standard InChI is InChI=1S/C9H9N5/c1-6-4(2-10-13-6)8-5-3-11-14-9(5)7(1)12-8/h1,3-4,6,10,12-13H,2H2. The number of fused-ring (bicyclic) bond motifs is 7. The first kappa shape index (κ1) is 6.92. The molecule has 5 heteroatoms. The SMILES string of the molecule is C1=NN=c2c1c1[nH]c2=CC2NNCC12. The summed E-state index contributed by atoms with van der Waals surface area (Å²) in [6, 6.07) is 0.399. The normalized spacial score (nSPS) is 30.9. The van der Waals surface area contributed by atoms with Crippen molar-refractivity contribution in [2.45, 2.75) is 12.0 Å². The van der Waals surface area contributed by atoms with Gasteiger partial charge >= 0.3 is 0 Å². The summed E-state index contributed by atoms with van der Waals surface area (Å²) in [6.07, 6.45) is 4.04. The fourth-order valence-corrected chi connectivity index (χ4v) is 2.47. The second kappa shape index (κ2) is 2.13. The molecule has 4 rings (SSSR count). The fourth-order valence-electron chi connectivity index (χ4n) is 2.47. The minimum Gasteiger partial charge on any atom is -0.356 e. The van der Waals surface area contributed by atoms with Crippen LogP contribution >= 0.6 is 0 Å². The van der Waals surface area contributed by atoms with Crippen LogP contribution in [-0.4, -0.2) is 23.8 Å². The van der Waals surface area contributed by atoms with Crippen molar-refractivity contribution in [2.24, 2.45) is 10.2 Å². The van der Waals surface area contributed by atoms with Crippen LogP contribution in [0.5, 0.6) is 0 Å². The Balaban J connectivity index is 2.11. The molecule has 0 saturated carbocycles. The maximum Gasteiger partial charge on any atom is 0.119 e. The van der Waals surface area contributed by atoms with E-state index in [0.717, 1.165) is 17.3 Å². The van der Waals surface area contributed by atoms with Gasteiger partial charge in [0.05, 0.1) is 17.6 Å². The van der Waals surface area contributed by atoms with Crippen LogP contribution in [-0.2, 0) is 0 Å². The summed E-state index contributed by atoms with van der Waals surface area (Å²) in [5.74, 6) is 0.492. The van der Waals surface area contributed by atoms with E-state index < -0.39 is 0 Å². The van der Waals surface area contributed by atoms with Crippen molar-refractivity contribution in [3.05, 3.63) is 22.0 Å². The highest BCUT2D eigenvalue weighted by Crippen LogP contribution is 2.24. The van der Waals surface area contributed by atoms with Crippen LogP contribution in [0.25, 0.3) is 6.08 Å². The van der Waals surface area contributed by atoms with E-state index in [9.17, 15) is 0 Å². The summed E-state index contributed by atoms with van der Waals surface area (Å²) in [7, 11) is 0. The number of aromatic nitrogens is 1. The third-order valence-corrected chi connectivity index (χ3v) is 3.16. The summed E-state index contributed by atoms with van der Waals surface area (Å²) in [4.78, 5) is 3.40. The molecule has 0 spiro atoms. The first-order valence-electron chi connectivity index (χ1n) is 4.76. The molecule has 0 radical (unpaired) electrons. The Morgan fingerprint density at radius 3 is 3.43 bits per heavy atom. The molecule has 5 nitrogen and oxygen atoms in total. The Kier molecular flexibility index (Phi) is 1.05. The van der Waals surface area contributed by atoms with Crippen molar-refractivity contribution < 1.29 is 0 Å². The van der Waals surface area contributed by atoms with Gasteiger partial charge in [0.1, 0.15) is 5.36 Å². The third kappa shape index (κ3) is 0.646. The van der Waals surface area contributed by atoms with E-state index in [2.05, 4.69) is 32.1 Å². The van der Waals surface area contributed by atoms with E-state index in [1.165, 1.54) is 11.3 Å². The summed E-state index contributed by atoms with van der Waals surface area (Å²) >= 11 is 0. The number of aromatic amines is 1. The lowest BCUT2D eigenvalue weighted by atomic mass is 9.96. The minimum absolute atomic E-state index is 0.399. The zero-order valence-corrected chi connectivity index (χ0v) is 7.41. The molecule has 2 bridgehead atoms. The molecular formula is C9H9N5. The average Bonchev–Trinajstić information content (AvgIpc) is 2.88. The molecule has 0 aromatic carbocycles. The number of nitrogens with one attached hydrogen (secondary N) is 3. The van der Waals surface area contributed by atoms with Gasteiger partial charge in [0.15, 0.2) is 0 Å². The predicted molar refractivity (Wildman–Crippen MR) is 51.3 cm³/mol. The summed E-state index contributed by atoms with van der Waals surface area (Å²) < 4.78 is 0. The molecule has 2 unspecified atom stereocenters. The van der Waals surface area contributed by atoms with Crippen LogP contribution in [0.4, 0.5) is 0 Å². The fraction of sp³-hybridized carbons (Fsp3) is 0.333. The van der Waals surface area contributed by atoms with Crippen molar-refractivity contribution in [1.29, 1.82) is 0 Å².